The lowest BCUT2D eigenvalue weighted by molar-refractivity contribution is -0.173. The van der Waals surface area contributed by atoms with E-state index in [1.54, 1.807) is 6.92 Å². The first-order chi connectivity index (χ1) is 7.39. The van der Waals surface area contributed by atoms with E-state index in [-0.39, 0.29) is 12.2 Å². The molecule has 0 bridgehead atoms. The third-order valence-electron chi connectivity index (χ3n) is 2.07. The molecule has 0 saturated carbocycles. The van der Waals surface area contributed by atoms with Crippen LogP contribution in [0.4, 0.5) is 8.78 Å². The van der Waals surface area contributed by atoms with Crippen LogP contribution in [-0.2, 0) is 15.5 Å². The smallest absolute Gasteiger partial charge is 0.381 e. The standard InChI is InChI=1S/C11H11BrF2O2/c1-3-16-10(15)11(13,14)8-5-4-7(2)9(12)6-8/h4-6H,3H2,1-2H3. The molecule has 0 radical (unpaired) electrons. The molecule has 88 valence electrons. The maximum absolute atomic E-state index is 13.6. The van der Waals surface area contributed by atoms with Gasteiger partial charge in [-0.2, -0.15) is 8.78 Å². The van der Waals surface area contributed by atoms with Gasteiger partial charge in [-0.25, -0.2) is 4.79 Å². The van der Waals surface area contributed by atoms with Crippen molar-refractivity contribution in [3.63, 3.8) is 0 Å². The molecule has 0 saturated heterocycles. The zero-order valence-corrected chi connectivity index (χ0v) is 10.5. The summed E-state index contributed by atoms with van der Waals surface area (Å²) in [6.45, 7) is 3.19. The molecule has 0 spiro atoms. The van der Waals surface area contributed by atoms with Crippen molar-refractivity contribution in [2.45, 2.75) is 19.8 Å². The number of carbonyl (C=O) groups excluding carboxylic acids is 1. The van der Waals surface area contributed by atoms with Crippen molar-refractivity contribution in [3.05, 3.63) is 33.8 Å². The fraction of sp³-hybridized carbons (Fsp3) is 0.364. The normalized spacial score (nSPS) is 11.3. The van der Waals surface area contributed by atoms with Crippen LogP contribution in [0.2, 0.25) is 0 Å². The summed E-state index contributed by atoms with van der Waals surface area (Å²) in [7, 11) is 0. The maximum Gasteiger partial charge on any atom is 0.381 e. The fourth-order valence-corrected chi connectivity index (χ4v) is 1.51. The van der Waals surface area contributed by atoms with Gasteiger partial charge >= 0.3 is 11.9 Å². The van der Waals surface area contributed by atoms with Crippen LogP contribution in [0.1, 0.15) is 18.1 Å². The highest BCUT2D eigenvalue weighted by Gasteiger charge is 2.42. The van der Waals surface area contributed by atoms with Gasteiger partial charge in [0.15, 0.2) is 0 Å². The van der Waals surface area contributed by atoms with Gasteiger partial charge in [-0.05, 0) is 25.5 Å². The minimum absolute atomic E-state index is 0.0680. The Morgan fingerprint density at radius 3 is 2.62 bits per heavy atom. The third-order valence-corrected chi connectivity index (χ3v) is 2.92. The number of hydrogen-bond acceptors (Lipinski definition) is 2. The molecule has 1 rings (SSSR count). The number of ether oxygens (including phenoxy) is 1. The van der Waals surface area contributed by atoms with Crippen LogP contribution in [-0.4, -0.2) is 12.6 Å². The second kappa shape index (κ2) is 4.91. The van der Waals surface area contributed by atoms with Gasteiger partial charge in [-0.1, -0.05) is 28.1 Å². The third kappa shape index (κ3) is 2.58. The molecule has 0 fully saturated rings. The Hall–Kier alpha value is -0.970. The summed E-state index contributed by atoms with van der Waals surface area (Å²) in [5, 5.41) is 0. The van der Waals surface area contributed by atoms with Crippen LogP contribution in [0.15, 0.2) is 22.7 Å². The second-order valence-electron chi connectivity index (χ2n) is 3.26. The Morgan fingerprint density at radius 1 is 1.50 bits per heavy atom. The predicted octanol–water partition coefficient (Wildman–Crippen LogP) is 3.41. The van der Waals surface area contributed by atoms with E-state index in [4.69, 9.17) is 0 Å². The summed E-state index contributed by atoms with van der Waals surface area (Å²) in [6, 6.07) is 3.97. The Kier molecular flexibility index (Phi) is 4.02. The molecule has 1 aromatic rings. The minimum atomic E-state index is -3.60. The zero-order chi connectivity index (χ0) is 12.3. The molecule has 0 N–H and O–H groups in total. The van der Waals surface area contributed by atoms with Crippen molar-refractivity contribution in [2.75, 3.05) is 6.61 Å². The van der Waals surface area contributed by atoms with Crippen molar-refractivity contribution in [3.8, 4) is 0 Å². The summed E-state index contributed by atoms with van der Waals surface area (Å²) in [5.41, 5.74) is 0.451. The summed E-state index contributed by atoms with van der Waals surface area (Å²) in [4.78, 5) is 11.1. The van der Waals surface area contributed by atoms with E-state index in [2.05, 4.69) is 20.7 Å². The largest absolute Gasteiger partial charge is 0.461 e. The number of rotatable bonds is 3. The van der Waals surface area contributed by atoms with Crippen LogP contribution in [0.3, 0.4) is 0 Å². The number of aryl methyl sites for hydroxylation is 1. The van der Waals surface area contributed by atoms with Crippen LogP contribution in [0, 0.1) is 6.92 Å². The summed E-state index contributed by atoms with van der Waals surface area (Å²) in [5.74, 6) is -5.13. The van der Waals surface area contributed by atoms with Crippen LogP contribution in [0.25, 0.3) is 0 Å². The topological polar surface area (TPSA) is 26.3 Å². The van der Waals surface area contributed by atoms with E-state index >= 15 is 0 Å². The van der Waals surface area contributed by atoms with Crippen LogP contribution in [0.5, 0.6) is 0 Å². The van der Waals surface area contributed by atoms with E-state index in [9.17, 15) is 13.6 Å². The number of esters is 1. The quantitative estimate of drug-likeness (QED) is 0.798. The summed E-state index contributed by atoms with van der Waals surface area (Å²) >= 11 is 3.14. The fourth-order valence-electron chi connectivity index (χ4n) is 1.13. The highest BCUT2D eigenvalue weighted by molar-refractivity contribution is 9.10. The van der Waals surface area contributed by atoms with Gasteiger partial charge in [-0.15, -0.1) is 0 Å². The minimum Gasteiger partial charge on any atom is -0.461 e. The van der Waals surface area contributed by atoms with Gasteiger partial charge in [-0.3, -0.25) is 0 Å². The van der Waals surface area contributed by atoms with Crippen molar-refractivity contribution in [2.24, 2.45) is 0 Å². The van der Waals surface area contributed by atoms with Crippen molar-refractivity contribution in [1.82, 2.24) is 0 Å². The average Bonchev–Trinajstić information content (AvgIpc) is 2.22. The van der Waals surface area contributed by atoms with Gasteiger partial charge in [0, 0.05) is 10.0 Å². The number of alkyl halides is 2. The Balaban J connectivity index is 3.06. The van der Waals surface area contributed by atoms with Crippen molar-refractivity contribution in [1.29, 1.82) is 0 Å². The van der Waals surface area contributed by atoms with Crippen LogP contribution < -0.4 is 0 Å². The highest BCUT2D eigenvalue weighted by atomic mass is 79.9. The lowest BCUT2D eigenvalue weighted by atomic mass is 10.1. The Bertz CT molecular complexity index is 405. The molecule has 0 amide bonds. The molecule has 0 aliphatic carbocycles. The highest BCUT2D eigenvalue weighted by Crippen LogP contribution is 2.32. The van der Waals surface area contributed by atoms with Crippen molar-refractivity contribution >= 4 is 21.9 Å². The lowest BCUT2D eigenvalue weighted by Gasteiger charge is -2.15. The van der Waals surface area contributed by atoms with Crippen molar-refractivity contribution < 1.29 is 18.3 Å². The zero-order valence-electron chi connectivity index (χ0n) is 8.89. The number of halogens is 3. The predicted molar refractivity (Wildman–Crippen MR) is 59.4 cm³/mol. The van der Waals surface area contributed by atoms with Gasteiger partial charge in [0.1, 0.15) is 0 Å². The van der Waals surface area contributed by atoms with E-state index in [1.165, 1.54) is 25.1 Å². The first kappa shape index (κ1) is 13.1. The summed E-state index contributed by atoms with van der Waals surface area (Å²) in [6.07, 6.45) is 0. The molecule has 0 heterocycles. The molecule has 16 heavy (non-hydrogen) atoms. The molecule has 0 atom stereocenters. The SMILES string of the molecule is CCOC(=O)C(F)(F)c1ccc(C)c(Br)c1. The Morgan fingerprint density at radius 2 is 2.12 bits per heavy atom. The maximum atomic E-state index is 13.6. The monoisotopic (exact) mass is 292 g/mol. The molecule has 1 aromatic carbocycles. The molecular weight excluding hydrogens is 282 g/mol. The van der Waals surface area contributed by atoms with E-state index in [1.807, 2.05) is 0 Å². The molecule has 0 aromatic heterocycles. The number of carbonyl (C=O) groups is 1. The van der Waals surface area contributed by atoms with E-state index < -0.39 is 11.9 Å². The van der Waals surface area contributed by atoms with Crippen LogP contribution >= 0.6 is 15.9 Å². The molecular formula is C11H11BrF2O2. The average molecular weight is 293 g/mol. The molecule has 0 aliphatic heterocycles. The van der Waals surface area contributed by atoms with Gasteiger partial charge < -0.3 is 4.74 Å². The first-order valence-electron chi connectivity index (χ1n) is 4.71. The number of benzene rings is 1. The molecule has 0 aliphatic rings. The lowest BCUT2D eigenvalue weighted by Crippen LogP contribution is -2.28. The van der Waals surface area contributed by atoms with Gasteiger partial charge in [0.2, 0.25) is 0 Å². The second-order valence-corrected chi connectivity index (χ2v) is 4.11. The van der Waals surface area contributed by atoms with Gasteiger partial charge in [0.05, 0.1) is 6.61 Å². The summed E-state index contributed by atoms with van der Waals surface area (Å²) < 4.78 is 32.0. The molecule has 5 heteroatoms. The number of hydrogen-bond donors (Lipinski definition) is 0. The van der Waals surface area contributed by atoms with E-state index in [0.717, 1.165) is 5.56 Å². The van der Waals surface area contributed by atoms with E-state index in [0.29, 0.717) is 4.47 Å². The molecule has 2 nitrogen and oxygen atoms in total. The Labute approximate surface area is 101 Å². The molecule has 0 unspecified atom stereocenters. The first-order valence-corrected chi connectivity index (χ1v) is 5.50. The van der Waals surface area contributed by atoms with Gasteiger partial charge in [0.25, 0.3) is 0 Å².